The van der Waals surface area contributed by atoms with Crippen LogP contribution in [0, 0.1) is 0 Å². The van der Waals surface area contributed by atoms with Gasteiger partial charge < -0.3 is 10.2 Å². The zero-order valence-electron chi connectivity index (χ0n) is 12.1. The number of carbonyl (C=O) groups is 1. The highest BCUT2D eigenvalue weighted by molar-refractivity contribution is 5.81. The molecule has 0 aliphatic carbocycles. The van der Waals surface area contributed by atoms with Gasteiger partial charge >= 0.3 is 0 Å². The number of hydrogen-bond acceptors (Lipinski definition) is 3. The van der Waals surface area contributed by atoms with Gasteiger partial charge in [0.25, 0.3) is 0 Å². The second-order valence-electron chi connectivity index (χ2n) is 6.04. The lowest BCUT2D eigenvalue weighted by atomic mass is 10.1. The van der Waals surface area contributed by atoms with Gasteiger partial charge in [0.1, 0.15) is 0 Å². The predicted molar refractivity (Wildman–Crippen MR) is 73.5 cm³/mol. The largest absolute Gasteiger partial charge is 0.339 e. The van der Waals surface area contributed by atoms with Crippen molar-refractivity contribution in [2.24, 2.45) is 0 Å². The van der Waals surface area contributed by atoms with E-state index in [0.717, 1.165) is 19.6 Å². The number of rotatable bonds is 2. The maximum Gasteiger partial charge on any atom is 0.239 e. The number of amides is 1. The molecular formula is C14H27N3O. The third-order valence-electron chi connectivity index (χ3n) is 4.51. The van der Waals surface area contributed by atoms with Crippen LogP contribution in [-0.4, -0.2) is 59.5 Å². The van der Waals surface area contributed by atoms with Crippen molar-refractivity contribution in [2.45, 2.75) is 64.7 Å². The molecule has 0 aromatic rings. The fourth-order valence-corrected chi connectivity index (χ4v) is 3.50. The molecule has 2 aliphatic heterocycles. The van der Waals surface area contributed by atoms with Crippen LogP contribution in [0.3, 0.4) is 0 Å². The third kappa shape index (κ3) is 2.69. The van der Waals surface area contributed by atoms with Crippen LogP contribution in [0.15, 0.2) is 0 Å². The van der Waals surface area contributed by atoms with Crippen molar-refractivity contribution in [1.29, 1.82) is 0 Å². The summed E-state index contributed by atoms with van der Waals surface area (Å²) < 4.78 is 0. The molecule has 1 N–H and O–H groups in total. The minimum Gasteiger partial charge on any atom is -0.339 e. The topological polar surface area (TPSA) is 35.6 Å². The van der Waals surface area contributed by atoms with Crippen molar-refractivity contribution in [3.05, 3.63) is 0 Å². The van der Waals surface area contributed by atoms with Crippen molar-refractivity contribution >= 4 is 5.91 Å². The van der Waals surface area contributed by atoms with Gasteiger partial charge in [-0.3, -0.25) is 9.69 Å². The Balaban J connectivity index is 1.99. The number of nitrogens with one attached hydrogen (secondary N) is 1. The summed E-state index contributed by atoms with van der Waals surface area (Å²) in [5, 5.41) is 3.39. The van der Waals surface area contributed by atoms with E-state index in [0.29, 0.717) is 24.0 Å². The first-order valence-corrected chi connectivity index (χ1v) is 7.30. The SMILES string of the molecule is CC1CCC(C)N1C(C)C(=O)N1CCN[C@H](C)C1. The lowest BCUT2D eigenvalue weighted by Gasteiger charge is -2.38. The molecular weight excluding hydrogens is 226 g/mol. The summed E-state index contributed by atoms with van der Waals surface area (Å²) in [6.45, 7) is 11.3. The molecule has 0 saturated carbocycles. The second kappa shape index (κ2) is 5.57. The van der Waals surface area contributed by atoms with Crippen LogP contribution in [-0.2, 0) is 4.79 Å². The van der Waals surface area contributed by atoms with Gasteiger partial charge in [-0.2, -0.15) is 0 Å². The highest BCUT2D eigenvalue weighted by atomic mass is 16.2. The number of nitrogens with zero attached hydrogens (tertiary/aromatic N) is 2. The summed E-state index contributed by atoms with van der Waals surface area (Å²) in [5.41, 5.74) is 0. The van der Waals surface area contributed by atoms with Gasteiger partial charge in [0.05, 0.1) is 6.04 Å². The maximum absolute atomic E-state index is 12.6. The van der Waals surface area contributed by atoms with Crippen molar-refractivity contribution in [1.82, 2.24) is 15.1 Å². The van der Waals surface area contributed by atoms with Crippen LogP contribution in [0.1, 0.15) is 40.5 Å². The van der Waals surface area contributed by atoms with Crippen molar-refractivity contribution in [2.75, 3.05) is 19.6 Å². The molecule has 0 spiro atoms. The summed E-state index contributed by atoms with van der Waals surface area (Å²) in [7, 11) is 0. The molecule has 0 aromatic carbocycles. The third-order valence-corrected chi connectivity index (χ3v) is 4.51. The standard InChI is InChI=1S/C14H27N3O/c1-10-9-16(8-7-15-10)14(18)13(4)17-11(2)5-6-12(17)3/h10-13,15H,5-9H2,1-4H3/t10-,11?,12?,13?/m1/s1. The summed E-state index contributed by atoms with van der Waals surface area (Å²) in [6, 6.07) is 1.53. The summed E-state index contributed by atoms with van der Waals surface area (Å²) in [4.78, 5) is 17.0. The summed E-state index contributed by atoms with van der Waals surface area (Å²) in [5.74, 6) is 0.309. The Labute approximate surface area is 111 Å². The normalized spacial score (nSPS) is 35.8. The minimum absolute atomic E-state index is 0.0304. The summed E-state index contributed by atoms with van der Waals surface area (Å²) >= 11 is 0. The van der Waals surface area contributed by atoms with E-state index in [2.05, 4.69) is 37.9 Å². The van der Waals surface area contributed by atoms with Crippen LogP contribution < -0.4 is 5.32 Å². The molecule has 2 rings (SSSR count). The molecule has 0 bridgehead atoms. The lowest BCUT2D eigenvalue weighted by molar-refractivity contribution is -0.138. The Morgan fingerprint density at radius 2 is 1.83 bits per heavy atom. The highest BCUT2D eigenvalue weighted by Gasteiger charge is 2.36. The van der Waals surface area contributed by atoms with Crippen LogP contribution >= 0.6 is 0 Å². The van der Waals surface area contributed by atoms with Gasteiger partial charge in [-0.1, -0.05) is 0 Å². The summed E-state index contributed by atoms with van der Waals surface area (Å²) in [6.07, 6.45) is 2.44. The van der Waals surface area contributed by atoms with Gasteiger partial charge in [-0.15, -0.1) is 0 Å². The molecule has 104 valence electrons. The molecule has 18 heavy (non-hydrogen) atoms. The van der Waals surface area contributed by atoms with E-state index in [1.165, 1.54) is 12.8 Å². The number of likely N-dealkylation sites (tertiary alicyclic amines) is 1. The van der Waals surface area contributed by atoms with E-state index in [4.69, 9.17) is 0 Å². The maximum atomic E-state index is 12.6. The Hall–Kier alpha value is -0.610. The fourth-order valence-electron chi connectivity index (χ4n) is 3.50. The number of piperazine rings is 1. The Morgan fingerprint density at radius 3 is 2.39 bits per heavy atom. The van der Waals surface area contributed by atoms with E-state index in [1.54, 1.807) is 0 Å². The number of carbonyl (C=O) groups excluding carboxylic acids is 1. The fraction of sp³-hybridized carbons (Fsp3) is 0.929. The quantitative estimate of drug-likeness (QED) is 0.799. The molecule has 2 fully saturated rings. The molecule has 2 aliphatic rings. The minimum atomic E-state index is 0.0304. The molecule has 4 heteroatoms. The van der Waals surface area contributed by atoms with Crippen LogP contribution in [0.25, 0.3) is 0 Å². The van der Waals surface area contributed by atoms with Gasteiger partial charge in [0.15, 0.2) is 0 Å². The van der Waals surface area contributed by atoms with E-state index >= 15 is 0 Å². The first-order chi connectivity index (χ1) is 8.50. The first kappa shape index (κ1) is 13.8. The smallest absolute Gasteiger partial charge is 0.239 e. The van der Waals surface area contributed by atoms with Gasteiger partial charge in [-0.05, 0) is 40.5 Å². The van der Waals surface area contributed by atoms with Crippen molar-refractivity contribution in [3.63, 3.8) is 0 Å². The van der Waals surface area contributed by atoms with Gasteiger partial charge in [0.2, 0.25) is 5.91 Å². The van der Waals surface area contributed by atoms with Gasteiger partial charge in [0, 0.05) is 37.8 Å². The molecule has 1 amide bonds. The van der Waals surface area contributed by atoms with Gasteiger partial charge in [-0.25, -0.2) is 0 Å². The van der Waals surface area contributed by atoms with E-state index in [1.807, 2.05) is 4.90 Å². The molecule has 3 unspecified atom stereocenters. The van der Waals surface area contributed by atoms with Crippen LogP contribution in [0.2, 0.25) is 0 Å². The molecule has 0 radical (unpaired) electrons. The monoisotopic (exact) mass is 253 g/mol. The Morgan fingerprint density at radius 1 is 1.22 bits per heavy atom. The van der Waals surface area contributed by atoms with Crippen LogP contribution in [0.5, 0.6) is 0 Å². The molecule has 4 atom stereocenters. The molecule has 2 heterocycles. The average molecular weight is 253 g/mol. The predicted octanol–water partition coefficient (Wildman–Crippen LogP) is 1.07. The van der Waals surface area contributed by atoms with Crippen molar-refractivity contribution in [3.8, 4) is 0 Å². The van der Waals surface area contributed by atoms with E-state index in [-0.39, 0.29) is 6.04 Å². The first-order valence-electron chi connectivity index (χ1n) is 7.30. The second-order valence-corrected chi connectivity index (χ2v) is 6.04. The molecule has 4 nitrogen and oxygen atoms in total. The zero-order chi connectivity index (χ0) is 13.3. The number of hydrogen-bond donors (Lipinski definition) is 1. The van der Waals surface area contributed by atoms with E-state index < -0.39 is 0 Å². The molecule has 0 aromatic heterocycles. The van der Waals surface area contributed by atoms with Crippen molar-refractivity contribution < 1.29 is 4.79 Å². The Kier molecular flexibility index (Phi) is 4.28. The Bertz CT molecular complexity index is 297. The molecule has 2 saturated heterocycles. The zero-order valence-corrected chi connectivity index (χ0v) is 12.1. The van der Waals surface area contributed by atoms with Crippen LogP contribution in [0.4, 0.5) is 0 Å². The van der Waals surface area contributed by atoms with E-state index in [9.17, 15) is 4.79 Å². The lowest BCUT2D eigenvalue weighted by Crippen LogP contribution is -2.57. The average Bonchev–Trinajstić information content (AvgIpc) is 2.67. The highest BCUT2D eigenvalue weighted by Crippen LogP contribution is 2.26.